The van der Waals surface area contributed by atoms with Gasteiger partial charge in [0.25, 0.3) is 0 Å². The Morgan fingerprint density at radius 1 is 1.42 bits per heavy atom. The molecule has 0 saturated carbocycles. The van der Waals surface area contributed by atoms with E-state index >= 15 is 0 Å². The Hall–Kier alpha value is -1.11. The van der Waals surface area contributed by atoms with E-state index < -0.39 is 22.2 Å². The normalized spacial score (nSPS) is 27.3. The van der Waals surface area contributed by atoms with Crippen molar-refractivity contribution in [3.63, 3.8) is 0 Å². The maximum absolute atomic E-state index is 11.2. The number of aliphatic hydroxyl groups is 1. The summed E-state index contributed by atoms with van der Waals surface area (Å²) < 4.78 is 5.24. The number of hydrogen-bond donors (Lipinski definition) is 1. The molecule has 1 fully saturated rings. The highest BCUT2D eigenvalue weighted by molar-refractivity contribution is 8.00. The van der Waals surface area contributed by atoms with Gasteiger partial charge in [0, 0.05) is 4.90 Å². The van der Waals surface area contributed by atoms with E-state index in [2.05, 4.69) is 0 Å². The fraction of sp³-hybridized carbons (Fsp3) is 0.538. The molecule has 1 N–H and O–H groups in total. The molecule has 3 atom stereocenters. The smallest absolute Gasteiger partial charge is 0.390 e. The number of nitrogens with zero attached hydrogens (tertiary/aromatic N) is 1. The summed E-state index contributed by atoms with van der Waals surface area (Å²) in [5, 5.41) is 19.6. The summed E-state index contributed by atoms with van der Waals surface area (Å²) in [6.07, 6.45) is -1.59. The lowest BCUT2D eigenvalue weighted by atomic mass is 10.0. The van der Waals surface area contributed by atoms with Gasteiger partial charge in [0.2, 0.25) is 6.10 Å². The minimum absolute atomic E-state index is 0.0783. The van der Waals surface area contributed by atoms with Crippen LogP contribution in [0.25, 0.3) is 0 Å². The lowest BCUT2D eigenvalue weighted by Crippen LogP contribution is -2.31. The minimum atomic E-state index is -1.54. The molecule has 19 heavy (non-hydrogen) atoms. The maximum atomic E-state index is 11.2. The highest BCUT2D eigenvalue weighted by atomic mass is 32.2. The summed E-state index contributed by atoms with van der Waals surface area (Å²) in [5.74, 6) is -0.0783. The van der Waals surface area contributed by atoms with Crippen LogP contribution in [0, 0.1) is 23.0 Å². The molecule has 1 saturated heterocycles. The van der Waals surface area contributed by atoms with Crippen LogP contribution in [0.1, 0.15) is 19.4 Å². The molecule has 0 spiro atoms. The van der Waals surface area contributed by atoms with Crippen molar-refractivity contribution in [2.45, 2.75) is 42.9 Å². The molecule has 1 aliphatic rings. The molecule has 6 heteroatoms. The van der Waals surface area contributed by atoms with Crippen LogP contribution >= 0.6 is 11.8 Å². The van der Waals surface area contributed by atoms with Crippen molar-refractivity contribution in [3.05, 3.63) is 39.9 Å². The second-order valence-electron chi connectivity index (χ2n) is 5.08. The molecule has 5 nitrogen and oxygen atoms in total. The number of epoxide rings is 1. The Morgan fingerprint density at radius 2 is 2.00 bits per heavy atom. The maximum Gasteiger partial charge on any atom is 0.408 e. The Balaban J connectivity index is 2.15. The van der Waals surface area contributed by atoms with Gasteiger partial charge in [-0.2, -0.15) is 0 Å². The van der Waals surface area contributed by atoms with Crippen molar-refractivity contribution >= 4 is 11.8 Å². The van der Waals surface area contributed by atoms with E-state index in [0.29, 0.717) is 0 Å². The van der Waals surface area contributed by atoms with Gasteiger partial charge in [0.05, 0.1) is 11.0 Å². The van der Waals surface area contributed by atoms with Gasteiger partial charge < -0.3 is 5.11 Å². The zero-order chi connectivity index (χ0) is 14.2. The second-order valence-corrected chi connectivity index (χ2v) is 6.34. The molecule has 104 valence electrons. The van der Waals surface area contributed by atoms with Crippen molar-refractivity contribution in [2.75, 3.05) is 0 Å². The molecule has 0 amide bonds. The number of benzene rings is 1. The number of rotatable bonds is 5. The summed E-state index contributed by atoms with van der Waals surface area (Å²) in [4.78, 5) is 11.6. The monoisotopic (exact) mass is 283 g/mol. The molecule has 0 radical (unpaired) electrons. The van der Waals surface area contributed by atoms with Crippen LogP contribution in [-0.4, -0.2) is 27.3 Å². The third-order valence-electron chi connectivity index (χ3n) is 3.13. The van der Waals surface area contributed by atoms with E-state index in [1.54, 1.807) is 0 Å². The zero-order valence-electron chi connectivity index (χ0n) is 11.1. The average Bonchev–Trinajstić information content (AvgIpc) is 3.07. The topological polar surface area (TPSA) is 75.9 Å². The highest BCUT2D eigenvalue weighted by Gasteiger charge is 2.73. The largest absolute Gasteiger partial charge is 0.408 e. The van der Waals surface area contributed by atoms with Gasteiger partial charge in [-0.25, -0.2) is 0 Å². The van der Waals surface area contributed by atoms with Crippen LogP contribution in [-0.2, 0) is 4.74 Å². The Morgan fingerprint density at radius 3 is 2.47 bits per heavy atom. The molecular formula is C13H17NO4S. The number of thioether (sulfide) groups is 1. The molecule has 0 bridgehead atoms. The van der Waals surface area contributed by atoms with Gasteiger partial charge in [-0.1, -0.05) is 31.5 Å². The third-order valence-corrected chi connectivity index (χ3v) is 4.41. The fourth-order valence-electron chi connectivity index (χ4n) is 1.82. The summed E-state index contributed by atoms with van der Waals surface area (Å²) in [5.41, 5.74) is 1.09. The van der Waals surface area contributed by atoms with Gasteiger partial charge in [-0.05, 0) is 36.7 Å². The summed E-state index contributed by atoms with van der Waals surface area (Å²) in [6, 6.07) is 7.44. The predicted molar refractivity (Wildman–Crippen MR) is 72.5 cm³/mol. The number of aliphatic hydroxyl groups excluding tert-OH is 1. The molecule has 0 unspecified atom stereocenters. The van der Waals surface area contributed by atoms with E-state index in [1.807, 2.05) is 45.0 Å². The van der Waals surface area contributed by atoms with E-state index in [0.717, 1.165) is 22.2 Å². The first-order chi connectivity index (χ1) is 8.86. The molecule has 0 aromatic heterocycles. The van der Waals surface area contributed by atoms with Crippen molar-refractivity contribution in [3.8, 4) is 0 Å². The Kier molecular flexibility index (Phi) is 3.85. The fourth-order valence-corrected chi connectivity index (χ4v) is 2.92. The van der Waals surface area contributed by atoms with E-state index in [-0.39, 0.29) is 5.92 Å². The van der Waals surface area contributed by atoms with Gasteiger partial charge >= 0.3 is 5.06 Å². The van der Waals surface area contributed by atoms with Crippen molar-refractivity contribution < 1.29 is 14.8 Å². The van der Waals surface area contributed by atoms with Crippen LogP contribution < -0.4 is 0 Å². The van der Waals surface area contributed by atoms with E-state index in [9.17, 15) is 15.2 Å². The first-order valence-corrected chi connectivity index (χ1v) is 6.94. The van der Waals surface area contributed by atoms with Crippen molar-refractivity contribution in [1.82, 2.24) is 0 Å². The minimum Gasteiger partial charge on any atom is -0.390 e. The Bertz CT molecular complexity index is 476. The van der Waals surface area contributed by atoms with Crippen molar-refractivity contribution in [2.24, 2.45) is 5.92 Å². The zero-order valence-corrected chi connectivity index (χ0v) is 11.9. The van der Waals surface area contributed by atoms with Crippen LogP contribution in [0.2, 0.25) is 0 Å². The molecule has 1 aromatic rings. The van der Waals surface area contributed by atoms with E-state index in [4.69, 9.17) is 4.74 Å². The van der Waals surface area contributed by atoms with Gasteiger partial charge in [-0.3, -0.25) is 14.9 Å². The van der Waals surface area contributed by atoms with Gasteiger partial charge in [0.1, 0.15) is 0 Å². The highest BCUT2D eigenvalue weighted by Crippen LogP contribution is 2.52. The number of ether oxygens (including phenoxy) is 1. The molecule has 2 rings (SSSR count). The van der Waals surface area contributed by atoms with Crippen LogP contribution in [0.5, 0.6) is 0 Å². The number of nitro groups is 1. The van der Waals surface area contributed by atoms with Gasteiger partial charge in [0.15, 0.2) is 0 Å². The molecule has 1 heterocycles. The van der Waals surface area contributed by atoms with E-state index in [1.165, 1.54) is 0 Å². The number of hydrogen-bond acceptors (Lipinski definition) is 5. The predicted octanol–water partition coefficient (Wildman–Crippen LogP) is 2.43. The molecule has 1 aromatic carbocycles. The lowest BCUT2D eigenvalue weighted by Gasteiger charge is -2.11. The molecular weight excluding hydrogens is 266 g/mol. The van der Waals surface area contributed by atoms with Crippen LogP contribution in [0.15, 0.2) is 29.2 Å². The standard InChI is InChI=1S/C13H17NO4S/c1-8(2)11(15)12-13(18-12,14(16)17)19-10-6-4-9(3)5-7-10/h4-8,11-12,15H,1-3H3/t11-,12+,13+/m0/s1. The third kappa shape index (κ3) is 2.75. The first kappa shape index (κ1) is 14.3. The summed E-state index contributed by atoms with van der Waals surface area (Å²) >= 11 is 1.05. The lowest BCUT2D eigenvalue weighted by molar-refractivity contribution is -0.532. The molecule has 1 aliphatic heterocycles. The number of aryl methyl sites for hydroxylation is 1. The SMILES string of the molecule is Cc1ccc(S[C@]2([N+](=O)[O-])O[C@@H]2[C@@H](O)C(C)C)cc1. The van der Waals surface area contributed by atoms with Gasteiger partial charge in [-0.15, -0.1) is 0 Å². The van der Waals surface area contributed by atoms with Crippen molar-refractivity contribution in [1.29, 1.82) is 0 Å². The molecule has 0 aliphatic carbocycles. The Labute approximate surface area is 116 Å². The quantitative estimate of drug-likeness (QED) is 0.389. The first-order valence-electron chi connectivity index (χ1n) is 6.13. The summed E-state index contributed by atoms with van der Waals surface area (Å²) in [7, 11) is 0. The second kappa shape index (κ2) is 5.11. The summed E-state index contributed by atoms with van der Waals surface area (Å²) in [6.45, 7) is 5.58. The van der Waals surface area contributed by atoms with Crippen LogP contribution in [0.4, 0.5) is 0 Å². The average molecular weight is 283 g/mol. The van der Waals surface area contributed by atoms with Crippen LogP contribution in [0.3, 0.4) is 0 Å².